The van der Waals surface area contributed by atoms with Gasteiger partial charge in [0.2, 0.25) is 11.4 Å². The molecule has 0 bridgehead atoms. The fourth-order valence-corrected chi connectivity index (χ4v) is 11.1. The molecule has 0 radical (unpaired) electrons. The van der Waals surface area contributed by atoms with Gasteiger partial charge in [-0.3, -0.25) is 14.5 Å². The zero-order valence-corrected chi connectivity index (χ0v) is 43.2. The van der Waals surface area contributed by atoms with E-state index < -0.39 is 51.9 Å². The molecule has 2 unspecified atom stereocenters. The highest BCUT2D eigenvalue weighted by molar-refractivity contribution is 8.01. The van der Waals surface area contributed by atoms with E-state index in [4.69, 9.17) is 29.8 Å². The molecule has 2 aromatic heterocycles. The molecule has 0 saturated carbocycles. The smallest absolute Gasteiger partial charge is 0.361 e. The van der Waals surface area contributed by atoms with Gasteiger partial charge < -0.3 is 35.4 Å². The number of oxime groups is 1. The quantitative estimate of drug-likeness (QED) is 0.0113. The van der Waals surface area contributed by atoms with E-state index in [-0.39, 0.29) is 23.7 Å². The van der Waals surface area contributed by atoms with E-state index in [1.807, 2.05) is 103 Å². The van der Waals surface area contributed by atoms with Crippen LogP contribution in [0.3, 0.4) is 0 Å². The number of thiazole rings is 1. The van der Waals surface area contributed by atoms with Crippen LogP contribution in [0.1, 0.15) is 62.6 Å². The Bertz CT molecular complexity index is 2900. The zero-order chi connectivity index (χ0) is 51.2. The standard InChI is InChI=1S/C53H54N8O8S3/c1-51(2,3)68-48(65)52(4,5)69-59-41(39-32-71-49(55-39)58-53(35-17-11-8-12-18-35,36-19-13-9-14-20-36)37-21-15-10-16-22-37)44(62)57-42-45(63)61-43(47(64)67-29-33-23-25-38(66-7)26-24-33)34(30-70-46(42)61)31-72-50-56-40(54)27-28-60(50)6/h8-28,32,42,46,54H,29-31H2,1-7H3,(H2,55,57,58,62)/p+1/b59-41-. The van der Waals surface area contributed by atoms with Gasteiger partial charge in [0.15, 0.2) is 10.8 Å². The molecule has 372 valence electrons. The minimum atomic E-state index is -1.65. The predicted molar refractivity (Wildman–Crippen MR) is 278 cm³/mol. The van der Waals surface area contributed by atoms with Crippen LogP contribution in [0.25, 0.3) is 0 Å². The third-order valence-electron chi connectivity index (χ3n) is 11.6. The molecule has 8 rings (SSSR count). The minimum absolute atomic E-state index is 0.0639. The Morgan fingerprint density at radius 2 is 1.49 bits per heavy atom. The average molecular weight is 1030 g/mol. The second-order valence-electron chi connectivity index (χ2n) is 18.3. The minimum Gasteiger partial charge on any atom is -0.497 e. The molecule has 16 nitrogen and oxygen atoms in total. The average Bonchev–Trinajstić information content (AvgIpc) is 3.84. The van der Waals surface area contributed by atoms with E-state index in [0.29, 0.717) is 44.5 Å². The summed E-state index contributed by atoms with van der Waals surface area (Å²) in [6.07, 6.45) is 1.79. The maximum Gasteiger partial charge on any atom is 0.361 e. The Kier molecular flexibility index (Phi) is 15.4. The van der Waals surface area contributed by atoms with Crippen molar-refractivity contribution in [1.29, 1.82) is 0 Å². The maximum absolute atomic E-state index is 14.7. The molecule has 0 aliphatic carbocycles. The summed E-state index contributed by atoms with van der Waals surface area (Å²) in [5.41, 5.74) is 6.61. The number of carbonyl (C=O) groups is 4. The summed E-state index contributed by atoms with van der Waals surface area (Å²) in [4.78, 5) is 73.3. The molecule has 0 spiro atoms. The highest BCUT2D eigenvalue weighted by atomic mass is 32.2. The largest absolute Gasteiger partial charge is 0.497 e. The van der Waals surface area contributed by atoms with Gasteiger partial charge in [-0.05, 0) is 91.3 Å². The first-order valence-corrected chi connectivity index (χ1v) is 25.8. The lowest BCUT2D eigenvalue weighted by Crippen LogP contribution is -2.71. The number of rotatable bonds is 18. The first kappa shape index (κ1) is 51.1. The van der Waals surface area contributed by atoms with Crippen molar-refractivity contribution in [3.8, 4) is 5.75 Å². The summed E-state index contributed by atoms with van der Waals surface area (Å²) in [5.74, 6) is -1.15. The van der Waals surface area contributed by atoms with Crippen molar-refractivity contribution in [2.45, 2.75) is 74.5 Å². The molecule has 2 amide bonds. The molecular weight excluding hydrogens is 973 g/mol. The number of thioether (sulfide) groups is 2. The summed E-state index contributed by atoms with van der Waals surface area (Å²) in [5, 5.41) is 12.9. The lowest BCUT2D eigenvalue weighted by molar-refractivity contribution is -0.713. The van der Waals surface area contributed by atoms with Crippen LogP contribution in [0.5, 0.6) is 5.75 Å². The van der Waals surface area contributed by atoms with Crippen LogP contribution in [0.4, 0.5) is 10.9 Å². The Morgan fingerprint density at radius 1 is 0.875 bits per heavy atom. The second-order valence-corrected chi connectivity index (χ2v) is 21.2. The number of nitrogens with one attached hydrogen (secondary N) is 2. The summed E-state index contributed by atoms with van der Waals surface area (Å²) >= 11 is 3.98. The lowest BCUT2D eigenvalue weighted by Gasteiger charge is -2.49. The van der Waals surface area contributed by atoms with Crippen LogP contribution in [-0.2, 0) is 52.7 Å². The summed E-state index contributed by atoms with van der Waals surface area (Å²) < 4.78 is 18.6. The summed E-state index contributed by atoms with van der Waals surface area (Å²) in [7, 11) is 3.40. The van der Waals surface area contributed by atoms with Gasteiger partial charge in [-0.15, -0.1) is 23.1 Å². The highest BCUT2D eigenvalue weighted by Gasteiger charge is 2.55. The molecule has 1 fully saturated rings. The van der Waals surface area contributed by atoms with Gasteiger partial charge in [0.1, 0.15) is 46.3 Å². The second kappa shape index (κ2) is 21.6. The summed E-state index contributed by atoms with van der Waals surface area (Å²) in [6, 6.07) is 37.6. The van der Waals surface area contributed by atoms with Gasteiger partial charge in [-0.2, -0.15) is 0 Å². The van der Waals surface area contributed by atoms with Gasteiger partial charge in [0.25, 0.3) is 11.8 Å². The van der Waals surface area contributed by atoms with Crippen LogP contribution < -0.4 is 25.7 Å². The Morgan fingerprint density at radius 3 is 2.07 bits per heavy atom. The van der Waals surface area contributed by atoms with Crippen molar-refractivity contribution in [1.82, 2.24) is 20.2 Å². The van der Waals surface area contributed by atoms with Crippen molar-refractivity contribution in [3.63, 3.8) is 0 Å². The van der Waals surface area contributed by atoms with Crippen molar-refractivity contribution in [2.75, 3.05) is 29.7 Å². The number of nitrogens with two attached hydrogens (primary N) is 1. The maximum atomic E-state index is 14.7. The number of aromatic nitrogens is 3. The number of methoxy groups -OCH3 is 1. The van der Waals surface area contributed by atoms with Crippen LogP contribution in [0.2, 0.25) is 0 Å². The number of hydrogen-bond donors (Lipinski definition) is 3. The number of nitrogen functional groups attached to an aromatic ring is 1. The molecule has 2 atom stereocenters. The number of hydrogen-bond acceptors (Lipinski definition) is 16. The SMILES string of the molecule is COc1ccc(COC(=O)C2=C(CSc3nc(N)cc[n+]3C)CSC3C(NC(=O)/C(=N\OC(C)(C)C(=O)OC(C)(C)C)c4csc(NC(c5ccccc5)(c5ccccc5)c5ccccc5)n4)C(=O)N23)cc1. The van der Waals surface area contributed by atoms with Gasteiger partial charge in [-0.25, -0.2) is 19.1 Å². The van der Waals surface area contributed by atoms with E-state index in [1.165, 1.54) is 53.6 Å². The van der Waals surface area contributed by atoms with Crippen molar-refractivity contribution in [2.24, 2.45) is 12.2 Å². The third kappa shape index (κ3) is 11.3. The first-order chi connectivity index (χ1) is 34.5. The van der Waals surface area contributed by atoms with Crippen LogP contribution in [0, 0.1) is 0 Å². The molecule has 1 saturated heterocycles. The van der Waals surface area contributed by atoms with Crippen molar-refractivity contribution >= 4 is 75.3 Å². The monoisotopic (exact) mass is 1030 g/mol. The number of anilines is 2. The van der Waals surface area contributed by atoms with E-state index in [1.54, 1.807) is 69.8 Å². The van der Waals surface area contributed by atoms with E-state index >= 15 is 0 Å². The Balaban J connectivity index is 1.11. The Labute approximate surface area is 430 Å². The van der Waals surface area contributed by atoms with Gasteiger partial charge >= 0.3 is 17.1 Å². The van der Waals surface area contributed by atoms with E-state index in [2.05, 4.69) is 20.8 Å². The number of amides is 2. The molecular formula is C53H55N8O8S3+. The third-order valence-corrected chi connectivity index (χ3v) is 14.8. The molecule has 72 heavy (non-hydrogen) atoms. The van der Waals surface area contributed by atoms with Crippen LogP contribution in [0.15, 0.2) is 154 Å². The number of carbonyl (C=O) groups excluding carboxylic acids is 4. The van der Waals surface area contributed by atoms with E-state index in [9.17, 15) is 19.2 Å². The molecule has 19 heteroatoms. The number of esters is 2. The fraction of sp³-hybridized carbons (Fsp3) is 0.283. The molecule has 4 heterocycles. The number of aryl methyl sites for hydroxylation is 1. The highest BCUT2D eigenvalue weighted by Crippen LogP contribution is 2.43. The number of benzene rings is 4. The van der Waals surface area contributed by atoms with Gasteiger partial charge in [0.05, 0.1) is 20.4 Å². The summed E-state index contributed by atoms with van der Waals surface area (Å²) in [6.45, 7) is 8.09. The van der Waals surface area contributed by atoms with Gasteiger partial charge in [0, 0.05) is 23.0 Å². The number of nitrogens with zero attached hydrogens (tertiary/aromatic N) is 5. The normalized spacial score (nSPS) is 16.0. The number of ether oxygens (including phenoxy) is 3. The van der Waals surface area contributed by atoms with Crippen LogP contribution >= 0.6 is 34.9 Å². The molecule has 2 aliphatic rings. The molecule has 2 aliphatic heterocycles. The Hall–Kier alpha value is -7.22. The fourth-order valence-electron chi connectivity index (χ4n) is 7.88. The first-order valence-electron chi connectivity index (χ1n) is 22.9. The number of fused-ring (bicyclic) bond motifs is 1. The lowest BCUT2D eigenvalue weighted by atomic mass is 9.77. The van der Waals surface area contributed by atoms with E-state index in [0.717, 1.165) is 16.7 Å². The van der Waals surface area contributed by atoms with Crippen molar-refractivity contribution in [3.05, 3.63) is 172 Å². The molecule has 4 N–H and O–H groups in total. The van der Waals surface area contributed by atoms with Crippen molar-refractivity contribution < 1.29 is 42.8 Å². The molecule has 6 aromatic rings. The predicted octanol–water partition coefficient (Wildman–Crippen LogP) is 7.39. The van der Waals surface area contributed by atoms with Gasteiger partial charge in [-0.1, -0.05) is 108 Å². The number of β-lactam (4-membered cyclic amide) rings is 1. The molecule has 4 aromatic carbocycles. The van der Waals surface area contributed by atoms with Crippen LogP contribution in [-0.4, -0.2) is 85.6 Å². The zero-order valence-electron chi connectivity index (χ0n) is 40.8. The topological polar surface area (TPSA) is 201 Å².